The van der Waals surface area contributed by atoms with Gasteiger partial charge in [0.2, 0.25) is 17.7 Å². The van der Waals surface area contributed by atoms with Crippen LogP contribution in [0.15, 0.2) is 53.9 Å². The largest absolute Gasteiger partial charge is 0.435 e. The van der Waals surface area contributed by atoms with Crippen LogP contribution in [0.5, 0.6) is 11.6 Å². The van der Waals surface area contributed by atoms with E-state index < -0.39 is 28.9 Å². The fourth-order valence-electron chi connectivity index (χ4n) is 3.35. The molecule has 0 atom stereocenters. The van der Waals surface area contributed by atoms with E-state index in [1.165, 1.54) is 42.6 Å². The number of halogens is 2. The molecule has 0 bridgehead atoms. The van der Waals surface area contributed by atoms with Gasteiger partial charge in [-0.05, 0) is 49.2 Å². The van der Waals surface area contributed by atoms with Crippen LogP contribution in [0, 0.1) is 17.0 Å². The van der Waals surface area contributed by atoms with Gasteiger partial charge in [0, 0.05) is 30.5 Å². The molecule has 5 N–H and O–H groups in total. The third-order valence-corrected chi connectivity index (χ3v) is 5.65. The van der Waals surface area contributed by atoms with Gasteiger partial charge in [0.25, 0.3) is 0 Å². The van der Waals surface area contributed by atoms with Crippen LogP contribution in [-0.4, -0.2) is 46.3 Å². The number of aliphatic hydroxyl groups excluding tert-OH is 1. The summed E-state index contributed by atoms with van der Waals surface area (Å²) in [5.74, 6) is -2.67. The number of carbonyl (C=O) groups is 2. The topological polar surface area (TPSA) is 161 Å². The number of hydrogen-bond donors (Lipinski definition) is 4. The monoisotopic (exact) mass is 526 g/mol. The molecule has 4 rings (SSSR count). The molecule has 2 aromatic carbocycles. The van der Waals surface area contributed by atoms with Gasteiger partial charge in [0.1, 0.15) is 35.5 Å². The molecule has 1 aromatic heterocycles. The van der Waals surface area contributed by atoms with Crippen molar-refractivity contribution in [3.8, 4) is 11.6 Å². The second-order valence-electron chi connectivity index (χ2n) is 8.37. The van der Waals surface area contributed by atoms with Gasteiger partial charge in [-0.2, -0.15) is 0 Å². The lowest BCUT2D eigenvalue weighted by Crippen LogP contribution is -2.35. The van der Waals surface area contributed by atoms with Crippen molar-refractivity contribution in [2.24, 2.45) is 10.6 Å². The molecule has 198 valence electrons. The maximum Gasteiger partial charge on any atom is 0.240 e. The third-order valence-electron chi connectivity index (χ3n) is 5.65. The summed E-state index contributed by atoms with van der Waals surface area (Å²) < 4.78 is 33.5. The molecule has 1 aliphatic rings. The first-order valence-electron chi connectivity index (χ1n) is 11.5. The van der Waals surface area contributed by atoms with E-state index in [1.807, 2.05) is 0 Å². The second kappa shape index (κ2) is 11.6. The van der Waals surface area contributed by atoms with Crippen molar-refractivity contribution in [1.29, 1.82) is 0 Å². The van der Waals surface area contributed by atoms with Gasteiger partial charge >= 0.3 is 0 Å². The van der Waals surface area contributed by atoms with Gasteiger partial charge < -0.3 is 31.0 Å². The predicted octanol–water partition coefficient (Wildman–Crippen LogP) is 3.22. The van der Waals surface area contributed by atoms with Gasteiger partial charge in [-0.25, -0.2) is 18.7 Å². The number of ether oxygens (including phenoxy) is 1. The minimum absolute atomic E-state index is 0.0162. The summed E-state index contributed by atoms with van der Waals surface area (Å²) in [7, 11) is 0. The minimum Gasteiger partial charge on any atom is -0.435 e. The van der Waals surface area contributed by atoms with Crippen LogP contribution in [0.4, 0.5) is 26.0 Å². The Labute approximate surface area is 215 Å². The van der Waals surface area contributed by atoms with E-state index in [0.717, 1.165) is 12.4 Å². The van der Waals surface area contributed by atoms with Crippen LogP contribution < -0.4 is 21.1 Å². The Balaban J connectivity index is 1.42. The molecule has 1 saturated carbocycles. The average Bonchev–Trinajstić information content (AvgIpc) is 3.71. The van der Waals surface area contributed by atoms with E-state index >= 15 is 0 Å². The van der Waals surface area contributed by atoms with Crippen molar-refractivity contribution in [2.45, 2.75) is 19.3 Å². The zero-order chi connectivity index (χ0) is 27.1. The Bertz CT molecular complexity index is 1350. The lowest BCUT2D eigenvalue weighted by molar-refractivity contribution is -0.131. The van der Waals surface area contributed by atoms with Crippen LogP contribution in [-0.2, 0) is 14.4 Å². The van der Waals surface area contributed by atoms with E-state index in [0.29, 0.717) is 24.9 Å². The average molecular weight is 527 g/mol. The molecule has 1 heterocycles. The summed E-state index contributed by atoms with van der Waals surface area (Å²) in [6.45, 7) is 0.119. The Morgan fingerprint density at radius 2 is 1.76 bits per heavy atom. The van der Waals surface area contributed by atoms with Crippen LogP contribution in [0.2, 0.25) is 0 Å². The van der Waals surface area contributed by atoms with Crippen molar-refractivity contribution < 1.29 is 33.1 Å². The maximum atomic E-state index is 14.9. The number of carbonyl (C=O) groups excluding carboxylic acids is 2. The van der Waals surface area contributed by atoms with E-state index in [2.05, 4.69) is 25.8 Å². The molecule has 1 fully saturated rings. The maximum absolute atomic E-state index is 14.9. The van der Waals surface area contributed by atoms with Crippen LogP contribution in [0.25, 0.3) is 0 Å². The zero-order valence-electron chi connectivity index (χ0n) is 20.0. The summed E-state index contributed by atoms with van der Waals surface area (Å²) in [6.07, 6.45) is 3.36. The number of rotatable bonds is 11. The lowest BCUT2D eigenvalue weighted by atomic mass is 10.0. The first-order chi connectivity index (χ1) is 18.3. The van der Waals surface area contributed by atoms with E-state index in [1.54, 1.807) is 0 Å². The molecule has 2 amide bonds. The van der Waals surface area contributed by atoms with Crippen molar-refractivity contribution >= 4 is 35.2 Å². The molecule has 3 aromatic rings. The van der Waals surface area contributed by atoms with E-state index in [4.69, 9.17) is 20.4 Å². The number of anilines is 3. The molecule has 38 heavy (non-hydrogen) atoms. The summed E-state index contributed by atoms with van der Waals surface area (Å²) >= 11 is 0. The number of hydrogen-bond acceptors (Lipinski definition) is 9. The molecular formula is C25H24F2N6O5. The minimum atomic E-state index is -1.30. The highest BCUT2D eigenvalue weighted by atomic mass is 19.1. The Hall–Kier alpha value is -4.65. The highest BCUT2D eigenvalue weighted by Gasteiger charge is 2.56. The smallest absolute Gasteiger partial charge is 0.240 e. The van der Waals surface area contributed by atoms with E-state index in [-0.39, 0.29) is 41.9 Å². The normalized spacial score (nSPS) is 13.7. The number of aromatic nitrogens is 2. The number of nitrogens with zero attached hydrogens (tertiary/aromatic N) is 3. The van der Waals surface area contributed by atoms with Gasteiger partial charge in [-0.3, -0.25) is 9.59 Å². The molecule has 0 radical (unpaired) electrons. The van der Waals surface area contributed by atoms with Gasteiger partial charge in [-0.1, -0.05) is 5.16 Å². The SMILES string of the molecule is Nc1ncnc(Oc2ccc(NC(=O)C3(C(=O)Nc4ccc(F)cc4)CC3)cc2F)c1/C=N/OCCCO. The Morgan fingerprint density at radius 3 is 2.42 bits per heavy atom. The molecule has 11 nitrogen and oxygen atoms in total. The summed E-state index contributed by atoms with van der Waals surface area (Å²) in [5, 5.41) is 17.7. The van der Waals surface area contributed by atoms with Crippen molar-refractivity contribution in [1.82, 2.24) is 9.97 Å². The van der Waals surface area contributed by atoms with Gasteiger partial charge in [-0.15, -0.1) is 0 Å². The first kappa shape index (κ1) is 26.4. The third kappa shape index (κ3) is 6.18. The molecular weight excluding hydrogens is 502 g/mol. The molecule has 1 aliphatic carbocycles. The van der Waals surface area contributed by atoms with Crippen molar-refractivity contribution in [3.63, 3.8) is 0 Å². The van der Waals surface area contributed by atoms with Crippen molar-refractivity contribution in [2.75, 3.05) is 29.6 Å². The standard InChI is InChI=1S/C25H24F2N6O5/c26-15-2-4-16(5-3-15)32-23(35)25(8-9-25)24(36)33-17-6-7-20(19(27)12-17)38-22-18(21(28)29-14-30-22)13-31-37-11-1-10-34/h2-7,12-14,34H,1,8-11H2,(H,32,35)(H,33,36)(H2,28,29,30)/b31-13+. The highest BCUT2D eigenvalue weighted by molar-refractivity contribution is 6.16. The summed E-state index contributed by atoms with van der Waals surface area (Å²) in [4.78, 5) is 38.4. The summed E-state index contributed by atoms with van der Waals surface area (Å²) in [5.41, 5.74) is 5.17. The fraction of sp³-hybridized carbons (Fsp3) is 0.240. The first-order valence-corrected chi connectivity index (χ1v) is 11.5. The predicted molar refractivity (Wildman–Crippen MR) is 133 cm³/mol. The van der Waals surface area contributed by atoms with E-state index in [9.17, 15) is 18.4 Å². The molecule has 0 unspecified atom stereocenters. The Kier molecular flexibility index (Phi) is 8.06. The second-order valence-corrected chi connectivity index (χ2v) is 8.37. The quantitative estimate of drug-likeness (QED) is 0.128. The lowest BCUT2D eigenvalue weighted by Gasteiger charge is -2.16. The van der Waals surface area contributed by atoms with Gasteiger partial charge in [0.15, 0.2) is 11.6 Å². The fourth-order valence-corrected chi connectivity index (χ4v) is 3.35. The van der Waals surface area contributed by atoms with Gasteiger partial charge in [0.05, 0.1) is 6.21 Å². The number of oxime groups is 1. The number of aliphatic hydroxyl groups is 1. The number of nitrogens with two attached hydrogens (primary N) is 1. The summed E-state index contributed by atoms with van der Waals surface area (Å²) in [6, 6.07) is 8.89. The Morgan fingerprint density at radius 1 is 1.08 bits per heavy atom. The zero-order valence-corrected chi connectivity index (χ0v) is 20.0. The number of benzene rings is 2. The van der Waals surface area contributed by atoms with Crippen molar-refractivity contribution in [3.05, 3.63) is 66.0 Å². The number of nitrogen functional groups attached to an aromatic ring is 1. The molecule has 0 aliphatic heterocycles. The highest BCUT2D eigenvalue weighted by Crippen LogP contribution is 2.47. The molecule has 13 heteroatoms. The van der Waals surface area contributed by atoms with Crippen LogP contribution in [0.1, 0.15) is 24.8 Å². The van der Waals surface area contributed by atoms with Crippen LogP contribution in [0.3, 0.4) is 0 Å². The number of amides is 2. The number of nitrogens with one attached hydrogen (secondary N) is 2. The van der Waals surface area contributed by atoms with Crippen LogP contribution >= 0.6 is 0 Å². The molecule has 0 spiro atoms. The molecule has 0 saturated heterocycles.